The quantitative estimate of drug-likeness (QED) is 0.302. The van der Waals surface area contributed by atoms with Crippen molar-refractivity contribution in [2.24, 2.45) is 0 Å². The van der Waals surface area contributed by atoms with Crippen LogP contribution in [0.3, 0.4) is 0 Å². The lowest BCUT2D eigenvalue weighted by Crippen LogP contribution is -2.00. The van der Waals surface area contributed by atoms with E-state index in [1.54, 1.807) is 6.26 Å². The average molecular weight is 407 g/mol. The van der Waals surface area contributed by atoms with Crippen molar-refractivity contribution >= 4 is 11.8 Å². The van der Waals surface area contributed by atoms with E-state index in [2.05, 4.69) is 46.0 Å². The third-order valence-electron chi connectivity index (χ3n) is 4.54. The van der Waals surface area contributed by atoms with Crippen LogP contribution in [0.2, 0.25) is 0 Å². The maximum Gasteiger partial charge on any atom is 0.237 e. The van der Waals surface area contributed by atoms with Gasteiger partial charge >= 0.3 is 0 Å². The summed E-state index contributed by atoms with van der Waals surface area (Å²) >= 11 is 1.49. The molecule has 0 saturated heterocycles. The van der Waals surface area contributed by atoms with Gasteiger partial charge in [-0.25, -0.2) is 0 Å². The highest BCUT2D eigenvalue weighted by Gasteiger charge is 2.18. The van der Waals surface area contributed by atoms with Crippen molar-refractivity contribution < 1.29 is 8.94 Å². The summed E-state index contributed by atoms with van der Waals surface area (Å²) in [6.07, 6.45) is 4.47. The minimum Gasteiger partial charge on any atom is -0.469 e. The topological polar surface area (TPSA) is 82.8 Å². The molecule has 0 aliphatic heterocycles. The number of benzene rings is 1. The molecule has 3 heterocycles. The Balaban J connectivity index is 1.51. The number of aryl methyl sites for hydroxylation is 2. The fourth-order valence-corrected chi connectivity index (χ4v) is 3.74. The summed E-state index contributed by atoms with van der Waals surface area (Å²) in [6.45, 7) is 8.46. The summed E-state index contributed by atoms with van der Waals surface area (Å²) in [5, 5.41) is 13.5. The van der Waals surface area contributed by atoms with Gasteiger partial charge in [0, 0.05) is 12.1 Å². The predicted molar refractivity (Wildman–Crippen MR) is 111 cm³/mol. The van der Waals surface area contributed by atoms with Gasteiger partial charge in [-0.3, -0.25) is 4.57 Å². The largest absolute Gasteiger partial charge is 0.469 e. The van der Waals surface area contributed by atoms with Crippen molar-refractivity contribution in [1.29, 1.82) is 0 Å². The highest BCUT2D eigenvalue weighted by atomic mass is 32.2. The number of thioether (sulfide) groups is 1. The normalized spacial score (nSPS) is 11.1. The summed E-state index contributed by atoms with van der Waals surface area (Å²) in [6, 6.07) is 10.1. The van der Waals surface area contributed by atoms with Crippen LogP contribution in [0, 0.1) is 6.92 Å². The number of rotatable bonds is 8. The Morgan fingerprint density at radius 3 is 2.69 bits per heavy atom. The van der Waals surface area contributed by atoms with Crippen molar-refractivity contribution in [3.05, 3.63) is 66.5 Å². The number of hydrogen-bond donors (Lipinski definition) is 0. The number of aromatic nitrogens is 5. The number of allylic oxidation sites excluding steroid dienone is 1. The summed E-state index contributed by atoms with van der Waals surface area (Å²) < 4.78 is 12.8. The number of furan rings is 1. The van der Waals surface area contributed by atoms with Crippen molar-refractivity contribution in [3.63, 3.8) is 0 Å². The summed E-state index contributed by atoms with van der Waals surface area (Å²) in [5.74, 6) is 3.18. The molecule has 0 bridgehead atoms. The Bertz CT molecular complexity index is 1110. The smallest absolute Gasteiger partial charge is 0.237 e. The van der Waals surface area contributed by atoms with Gasteiger partial charge in [0.05, 0.1) is 17.6 Å². The van der Waals surface area contributed by atoms with E-state index < -0.39 is 0 Å². The standard InChI is InChI=1S/C21H21N5O2S/c1-4-11-26-20(17-10-12-27-14(17)3)23-24-21(26)29-13-18-22-19(25-28-18)16-8-6-15(5-2)7-9-16/h4,6-10,12H,1,5,11,13H2,2-3H3. The van der Waals surface area contributed by atoms with Gasteiger partial charge in [-0.1, -0.05) is 54.2 Å². The maximum absolute atomic E-state index is 5.42. The molecule has 29 heavy (non-hydrogen) atoms. The van der Waals surface area contributed by atoms with E-state index in [0.717, 1.165) is 34.3 Å². The van der Waals surface area contributed by atoms with Crippen molar-refractivity contribution in [1.82, 2.24) is 24.9 Å². The molecular formula is C21H21N5O2S. The summed E-state index contributed by atoms with van der Waals surface area (Å²) in [4.78, 5) is 4.51. The molecule has 4 rings (SSSR count). The first kappa shape index (κ1) is 19.2. The minimum atomic E-state index is 0.500. The van der Waals surface area contributed by atoms with Crippen LogP contribution >= 0.6 is 11.8 Å². The zero-order chi connectivity index (χ0) is 20.2. The fourth-order valence-electron chi connectivity index (χ4n) is 2.95. The predicted octanol–water partition coefficient (Wildman–Crippen LogP) is 4.94. The monoisotopic (exact) mass is 407 g/mol. The molecule has 3 aromatic heterocycles. The number of nitrogens with zero attached hydrogens (tertiary/aromatic N) is 5. The molecule has 8 heteroatoms. The molecule has 0 radical (unpaired) electrons. The van der Waals surface area contributed by atoms with E-state index >= 15 is 0 Å². The third-order valence-corrected chi connectivity index (χ3v) is 5.49. The lowest BCUT2D eigenvalue weighted by molar-refractivity contribution is 0.391. The number of hydrogen-bond acceptors (Lipinski definition) is 7. The van der Waals surface area contributed by atoms with Gasteiger partial charge < -0.3 is 8.94 Å². The van der Waals surface area contributed by atoms with Crippen LogP contribution in [0.4, 0.5) is 0 Å². The Kier molecular flexibility index (Phi) is 5.62. The van der Waals surface area contributed by atoms with Crippen LogP contribution in [0.25, 0.3) is 22.8 Å². The van der Waals surface area contributed by atoms with Crippen molar-refractivity contribution in [2.75, 3.05) is 0 Å². The second kappa shape index (κ2) is 8.48. The molecule has 0 saturated carbocycles. The highest BCUT2D eigenvalue weighted by Crippen LogP contribution is 2.29. The molecule has 0 aliphatic carbocycles. The summed E-state index contributed by atoms with van der Waals surface area (Å²) in [5.41, 5.74) is 3.13. The van der Waals surface area contributed by atoms with Gasteiger partial charge in [0.2, 0.25) is 11.7 Å². The molecule has 0 fully saturated rings. The molecule has 0 N–H and O–H groups in total. The lowest BCUT2D eigenvalue weighted by Gasteiger charge is -2.06. The molecule has 148 valence electrons. The zero-order valence-corrected chi connectivity index (χ0v) is 17.1. The second-order valence-corrected chi connectivity index (χ2v) is 7.39. The van der Waals surface area contributed by atoms with Gasteiger partial charge in [0.1, 0.15) is 5.76 Å². The first-order valence-electron chi connectivity index (χ1n) is 9.32. The van der Waals surface area contributed by atoms with Gasteiger partial charge in [-0.15, -0.1) is 16.8 Å². The third kappa shape index (κ3) is 4.02. The van der Waals surface area contributed by atoms with Gasteiger partial charge in [-0.2, -0.15) is 4.98 Å². The van der Waals surface area contributed by atoms with Crippen LogP contribution in [-0.2, 0) is 18.7 Å². The van der Waals surface area contributed by atoms with E-state index in [9.17, 15) is 0 Å². The highest BCUT2D eigenvalue weighted by molar-refractivity contribution is 7.98. The van der Waals surface area contributed by atoms with Crippen LogP contribution in [0.15, 0.2) is 63.3 Å². The van der Waals surface area contributed by atoms with Crippen molar-refractivity contribution in [2.45, 2.75) is 37.7 Å². The zero-order valence-electron chi connectivity index (χ0n) is 16.3. The van der Waals surface area contributed by atoms with E-state index in [1.807, 2.05) is 35.8 Å². The van der Waals surface area contributed by atoms with E-state index in [4.69, 9.17) is 8.94 Å². The Morgan fingerprint density at radius 1 is 1.17 bits per heavy atom. The van der Waals surface area contributed by atoms with E-state index in [-0.39, 0.29) is 0 Å². The molecule has 1 aromatic carbocycles. The Morgan fingerprint density at radius 2 is 2.00 bits per heavy atom. The van der Waals surface area contributed by atoms with E-state index in [0.29, 0.717) is 24.0 Å². The molecule has 0 unspecified atom stereocenters. The minimum absolute atomic E-state index is 0.500. The first-order valence-corrected chi connectivity index (χ1v) is 10.3. The second-order valence-electron chi connectivity index (χ2n) is 6.45. The van der Waals surface area contributed by atoms with Crippen molar-refractivity contribution in [3.8, 4) is 22.8 Å². The molecular weight excluding hydrogens is 386 g/mol. The van der Waals surface area contributed by atoms with Crippen LogP contribution < -0.4 is 0 Å². The molecule has 0 spiro atoms. The summed E-state index contributed by atoms with van der Waals surface area (Å²) in [7, 11) is 0. The lowest BCUT2D eigenvalue weighted by atomic mass is 10.1. The molecule has 0 atom stereocenters. The van der Waals surface area contributed by atoms with Crippen LogP contribution in [0.5, 0.6) is 0 Å². The Labute approximate surface area is 172 Å². The average Bonchev–Trinajstić information content (AvgIpc) is 3.47. The van der Waals surface area contributed by atoms with Gasteiger partial charge in [0.15, 0.2) is 11.0 Å². The molecule has 7 nitrogen and oxygen atoms in total. The molecule has 0 aliphatic rings. The SMILES string of the molecule is C=CCn1c(SCc2nc(-c3ccc(CC)cc3)no2)nnc1-c1ccoc1C. The van der Waals surface area contributed by atoms with Gasteiger partial charge in [-0.05, 0) is 25.0 Å². The fraction of sp³-hybridized carbons (Fsp3) is 0.238. The molecule has 4 aromatic rings. The van der Waals surface area contributed by atoms with E-state index in [1.165, 1.54) is 17.3 Å². The molecule has 0 amide bonds. The Hall–Kier alpha value is -3.13. The maximum atomic E-state index is 5.42. The van der Waals surface area contributed by atoms with Gasteiger partial charge in [0.25, 0.3) is 0 Å². The first-order chi connectivity index (χ1) is 14.2. The van der Waals surface area contributed by atoms with Crippen LogP contribution in [0.1, 0.15) is 24.1 Å². The van der Waals surface area contributed by atoms with Crippen LogP contribution in [-0.4, -0.2) is 24.9 Å².